The molecule has 1 aliphatic heterocycles. The number of carbonyl (C=O) groups excluding carboxylic acids is 1. The highest BCUT2D eigenvalue weighted by Gasteiger charge is 2.27. The van der Waals surface area contributed by atoms with E-state index in [0.29, 0.717) is 12.5 Å². The summed E-state index contributed by atoms with van der Waals surface area (Å²) in [6, 6.07) is 1.99. The molecule has 2 N–H and O–H groups in total. The quantitative estimate of drug-likeness (QED) is 0.827. The summed E-state index contributed by atoms with van der Waals surface area (Å²) in [4.78, 5) is 14.9. The molecule has 0 aliphatic carbocycles. The van der Waals surface area contributed by atoms with Crippen molar-refractivity contribution >= 4 is 17.2 Å². The van der Waals surface area contributed by atoms with E-state index >= 15 is 0 Å². The first-order chi connectivity index (χ1) is 7.22. The molecule has 1 fully saturated rings. The van der Waals surface area contributed by atoms with Crippen molar-refractivity contribution in [1.82, 2.24) is 4.90 Å². The normalized spacial score (nSPS) is 20.9. The van der Waals surface area contributed by atoms with Gasteiger partial charge in [0, 0.05) is 13.1 Å². The molecular formula is C11H16N2OS. The van der Waals surface area contributed by atoms with Crippen LogP contribution in [0.1, 0.15) is 21.7 Å². The molecule has 2 rings (SSSR count). The molecule has 1 saturated heterocycles. The molecule has 1 aliphatic rings. The monoisotopic (exact) mass is 224 g/mol. The van der Waals surface area contributed by atoms with Crippen molar-refractivity contribution in [3.05, 3.63) is 21.9 Å². The minimum atomic E-state index is 0.179. The van der Waals surface area contributed by atoms with Crippen LogP contribution in [0.4, 0.5) is 0 Å². The van der Waals surface area contributed by atoms with E-state index in [1.54, 1.807) is 0 Å². The summed E-state index contributed by atoms with van der Waals surface area (Å²) in [6.45, 7) is 4.36. The minimum absolute atomic E-state index is 0.179. The van der Waals surface area contributed by atoms with Gasteiger partial charge in [0.05, 0.1) is 4.88 Å². The van der Waals surface area contributed by atoms with Crippen molar-refractivity contribution in [2.24, 2.45) is 11.7 Å². The molecule has 0 bridgehead atoms. The van der Waals surface area contributed by atoms with Gasteiger partial charge in [0.25, 0.3) is 5.91 Å². The summed E-state index contributed by atoms with van der Waals surface area (Å²) in [5.74, 6) is 0.674. The van der Waals surface area contributed by atoms with Crippen molar-refractivity contribution in [3.8, 4) is 0 Å². The predicted molar refractivity (Wildman–Crippen MR) is 62.1 cm³/mol. The Morgan fingerprint density at radius 2 is 2.53 bits per heavy atom. The Kier molecular flexibility index (Phi) is 3.07. The summed E-state index contributed by atoms with van der Waals surface area (Å²) in [7, 11) is 0. The van der Waals surface area contributed by atoms with Gasteiger partial charge in [0.2, 0.25) is 0 Å². The lowest BCUT2D eigenvalue weighted by atomic mass is 10.1. The van der Waals surface area contributed by atoms with E-state index in [2.05, 4.69) is 0 Å². The second-order valence-corrected chi connectivity index (χ2v) is 4.99. The minimum Gasteiger partial charge on any atom is -0.338 e. The van der Waals surface area contributed by atoms with E-state index in [9.17, 15) is 4.79 Å². The third kappa shape index (κ3) is 2.06. The first-order valence-corrected chi connectivity index (χ1v) is 6.13. The van der Waals surface area contributed by atoms with Crippen molar-refractivity contribution in [2.45, 2.75) is 13.3 Å². The predicted octanol–water partition coefficient (Wildman–Crippen LogP) is 1.48. The first kappa shape index (κ1) is 10.6. The van der Waals surface area contributed by atoms with Gasteiger partial charge < -0.3 is 10.6 Å². The average molecular weight is 224 g/mol. The summed E-state index contributed by atoms with van der Waals surface area (Å²) >= 11 is 1.53. The highest BCUT2D eigenvalue weighted by molar-refractivity contribution is 7.12. The third-order valence-corrected chi connectivity index (χ3v) is 3.97. The zero-order valence-electron chi connectivity index (χ0n) is 8.90. The number of amides is 1. The number of nitrogens with two attached hydrogens (primary N) is 1. The molecule has 0 radical (unpaired) electrons. The highest BCUT2D eigenvalue weighted by Crippen LogP contribution is 2.22. The molecule has 1 amide bonds. The number of thiophene rings is 1. The van der Waals surface area contributed by atoms with Crippen LogP contribution in [0.15, 0.2) is 11.4 Å². The maximum Gasteiger partial charge on any atom is 0.264 e. The van der Waals surface area contributed by atoms with Crippen molar-refractivity contribution in [2.75, 3.05) is 19.6 Å². The van der Waals surface area contributed by atoms with Crippen LogP contribution >= 0.6 is 11.3 Å². The van der Waals surface area contributed by atoms with Crippen LogP contribution in [0.3, 0.4) is 0 Å². The standard InChI is InChI=1S/C11H16N2OS/c1-8-3-5-15-10(8)11(14)13-4-2-9(6-12)7-13/h3,5,9H,2,4,6-7,12H2,1H3/t9-/m1/s1. The van der Waals surface area contributed by atoms with E-state index in [1.165, 1.54) is 11.3 Å². The van der Waals surface area contributed by atoms with Crippen LogP contribution in [-0.4, -0.2) is 30.4 Å². The molecule has 1 aromatic heterocycles. The van der Waals surface area contributed by atoms with Crippen LogP contribution in [-0.2, 0) is 0 Å². The zero-order valence-corrected chi connectivity index (χ0v) is 9.72. The molecular weight excluding hydrogens is 208 g/mol. The molecule has 0 unspecified atom stereocenters. The molecule has 0 spiro atoms. The van der Waals surface area contributed by atoms with Gasteiger partial charge in [-0.05, 0) is 42.8 Å². The van der Waals surface area contributed by atoms with Gasteiger partial charge >= 0.3 is 0 Å². The van der Waals surface area contributed by atoms with Gasteiger partial charge in [0.1, 0.15) is 0 Å². The van der Waals surface area contributed by atoms with Crippen molar-refractivity contribution in [3.63, 3.8) is 0 Å². The molecule has 82 valence electrons. The average Bonchev–Trinajstić information content (AvgIpc) is 2.84. The van der Waals surface area contributed by atoms with E-state index < -0.39 is 0 Å². The molecule has 1 aromatic rings. The fourth-order valence-corrected chi connectivity index (χ4v) is 2.84. The van der Waals surface area contributed by atoms with Gasteiger partial charge in [0.15, 0.2) is 0 Å². The molecule has 1 atom stereocenters. The second kappa shape index (κ2) is 4.33. The maximum absolute atomic E-state index is 12.1. The molecule has 15 heavy (non-hydrogen) atoms. The smallest absolute Gasteiger partial charge is 0.264 e. The number of carbonyl (C=O) groups is 1. The van der Waals surface area contributed by atoms with Crippen molar-refractivity contribution < 1.29 is 4.79 Å². The summed E-state index contributed by atoms with van der Waals surface area (Å²) in [5.41, 5.74) is 6.69. The topological polar surface area (TPSA) is 46.3 Å². The van der Waals surface area contributed by atoms with Crippen LogP contribution in [0, 0.1) is 12.8 Å². The fourth-order valence-electron chi connectivity index (χ4n) is 1.94. The third-order valence-electron chi connectivity index (χ3n) is 2.96. The van der Waals surface area contributed by atoms with E-state index in [-0.39, 0.29) is 5.91 Å². The van der Waals surface area contributed by atoms with Crippen molar-refractivity contribution in [1.29, 1.82) is 0 Å². The maximum atomic E-state index is 12.1. The Balaban J connectivity index is 2.07. The van der Waals surface area contributed by atoms with Gasteiger partial charge in [-0.1, -0.05) is 0 Å². The summed E-state index contributed by atoms with van der Waals surface area (Å²) in [6.07, 6.45) is 1.05. The Bertz CT molecular complexity index is 361. The molecule has 2 heterocycles. The lowest BCUT2D eigenvalue weighted by molar-refractivity contribution is 0.0792. The summed E-state index contributed by atoms with van der Waals surface area (Å²) < 4.78 is 0. The van der Waals surface area contributed by atoms with Gasteiger partial charge in [-0.15, -0.1) is 11.3 Å². The SMILES string of the molecule is Cc1ccsc1C(=O)N1CC[C@H](CN)C1. The number of hydrogen-bond donors (Lipinski definition) is 1. The van der Waals surface area contributed by atoms with Crippen LogP contribution in [0.25, 0.3) is 0 Å². The van der Waals surface area contributed by atoms with Gasteiger partial charge in [-0.2, -0.15) is 0 Å². The van der Waals surface area contributed by atoms with E-state index in [1.807, 2.05) is 23.3 Å². The van der Waals surface area contributed by atoms with Crippen LogP contribution < -0.4 is 5.73 Å². The number of nitrogens with zero attached hydrogens (tertiary/aromatic N) is 1. The zero-order chi connectivity index (χ0) is 10.8. The summed E-state index contributed by atoms with van der Waals surface area (Å²) in [5, 5.41) is 1.97. The fraction of sp³-hybridized carbons (Fsp3) is 0.545. The lowest BCUT2D eigenvalue weighted by Gasteiger charge is -2.15. The number of rotatable bonds is 2. The molecule has 3 nitrogen and oxygen atoms in total. The lowest BCUT2D eigenvalue weighted by Crippen LogP contribution is -2.29. The van der Waals surface area contributed by atoms with E-state index in [0.717, 1.165) is 30.0 Å². The Morgan fingerprint density at radius 1 is 1.73 bits per heavy atom. The molecule has 4 heteroatoms. The Morgan fingerprint density at radius 3 is 3.07 bits per heavy atom. The van der Waals surface area contributed by atoms with E-state index in [4.69, 9.17) is 5.73 Å². The second-order valence-electron chi connectivity index (χ2n) is 4.07. The van der Waals surface area contributed by atoms with Crippen LogP contribution in [0.2, 0.25) is 0 Å². The van der Waals surface area contributed by atoms with Gasteiger partial charge in [-0.25, -0.2) is 0 Å². The number of likely N-dealkylation sites (tertiary alicyclic amines) is 1. The van der Waals surface area contributed by atoms with Gasteiger partial charge in [-0.3, -0.25) is 4.79 Å². The molecule has 0 aromatic carbocycles. The van der Waals surface area contributed by atoms with Crippen LogP contribution in [0.5, 0.6) is 0 Å². The Labute approximate surface area is 93.9 Å². The number of hydrogen-bond acceptors (Lipinski definition) is 3. The first-order valence-electron chi connectivity index (χ1n) is 5.26. The molecule has 0 saturated carbocycles. The largest absolute Gasteiger partial charge is 0.338 e. The Hall–Kier alpha value is -0.870. The number of aryl methyl sites for hydroxylation is 1. The highest BCUT2D eigenvalue weighted by atomic mass is 32.1.